The van der Waals surface area contributed by atoms with Crippen molar-refractivity contribution < 1.29 is 13.9 Å². The van der Waals surface area contributed by atoms with Gasteiger partial charge in [0.1, 0.15) is 5.82 Å². The lowest BCUT2D eigenvalue weighted by Gasteiger charge is -2.33. The van der Waals surface area contributed by atoms with Crippen LogP contribution in [-0.4, -0.2) is 25.7 Å². The molecule has 1 aliphatic rings. The molecule has 1 aromatic rings. The minimum atomic E-state index is -0.423. The Morgan fingerprint density at radius 1 is 1.60 bits per heavy atom. The second-order valence-corrected chi connectivity index (χ2v) is 4.82. The summed E-state index contributed by atoms with van der Waals surface area (Å²) in [6.07, 6.45) is 1.59. The van der Waals surface area contributed by atoms with Crippen LogP contribution in [0.25, 0.3) is 0 Å². The predicted molar refractivity (Wildman–Crippen MR) is 72.7 cm³/mol. The number of carbonyl (C=O) groups excluding carboxylic acids is 1. The molecule has 0 bridgehead atoms. The van der Waals surface area contributed by atoms with Gasteiger partial charge in [0.25, 0.3) is 0 Å². The van der Waals surface area contributed by atoms with Gasteiger partial charge < -0.3 is 9.64 Å². The fourth-order valence-corrected chi connectivity index (χ4v) is 2.48. The summed E-state index contributed by atoms with van der Waals surface area (Å²) in [4.78, 5) is 13.6. The maximum atomic E-state index is 14.0. The van der Waals surface area contributed by atoms with E-state index >= 15 is 0 Å². The summed E-state index contributed by atoms with van der Waals surface area (Å²) >= 11 is 0. The minimum Gasteiger partial charge on any atom is -0.466 e. The highest BCUT2D eigenvalue weighted by Crippen LogP contribution is 2.26. The van der Waals surface area contributed by atoms with Crippen molar-refractivity contribution >= 4 is 11.7 Å². The number of hydrogen-bond donors (Lipinski definition) is 0. The smallest absolute Gasteiger partial charge is 0.310 e. The van der Waals surface area contributed by atoms with Crippen LogP contribution >= 0.6 is 0 Å². The molecule has 0 amide bonds. The zero-order chi connectivity index (χ0) is 14.5. The van der Waals surface area contributed by atoms with E-state index in [1.54, 1.807) is 19.1 Å². The van der Waals surface area contributed by atoms with Gasteiger partial charge in [-0.3, -0.25) is 4.79 Å². The number of halogens is 1. The van der Waals surface area contributed by atoms with Gasteiger partial charge in [-0.2, -0.15) is 5.26 Å². The van der Waals surface area contributed by atoms with Crippen molar-refractivity contribution in [2.45, 2.75) is 19.8 Å². The summed E-state index contributed by atoms with van der Waals surface area (Å²) in [6.45, 7) is 3.31. The molecule has 1 atom stereocenters. The predicted octanol–water partition coefficient (Wildman–Crippen LogP) is 2.48. The molecule has 1 unspecified atom stereocenters. The first-order chi connectivity index (χ1) is 9.65. The van der Waals surface area contributed by atoms with Crippen molar-refractivity contribution in [3.8, 4) is 6.07 Å². The number of ether oxygens (including phenoxy) is 1. The van der Waals surface area contributed by atoms with Crippen LogP contribution in [0.4, 0.5) is 10.1 Å². The first-order valence-electron chi connectivity index (χ1n) is 6.77. The largest absolute Gasteiger partial charge is 0.466 e. The fraction of sp³-hybridized carbons (Fsp3) is 0.467. The maximum absolute atomic E-state index is 14.0. The van der Waals surface area contributed by atoms with E-state index in [-0.39, 0.29) is 11.9 Å². The number of esters is 1. The Hall–Kier alpha value is -2.09. The molecule has 0 spiro atoms. The molecule has 2 rings (SSSR count). The Morgan fingerprint density at radius 2 is 2.40 bits per heavy atom. The Kier molecular flexibility index (Phi) is 4.57. The molecule has 1 aromatic carbocycles. The van der Waals surface area contributed by atoms with Crippen LogP contribution in [0.5, 0.6) is 0 Å². The van der Waals surface area contributed by atoms with Gasteiger partial charge in [0.2, 0.25) is 0 Å². The summed E-state index contributed by atoms with van der Waals surface area (Å²) in [5.74, 6) is -0.849. The van der Waals surface area contributed by atoms with Crippen molar-refractivity contribution in [3.63, 3.8) is 0 Å². The van der Waals surface area contributed by atoms with E-state index in [4.69, 9.17) is 10.00 Å². The van der Waals surface area contributed by atoms with Gasteiger partial charge in [0.05, 0.1) is 29.8 Å². The van der Waals surface area contributed by atoms with Gasteiger partial charge in [-0.05, 0) is 38.0 Å². The third-order valence-corrected chi connectivity index (χ3v) is 3.46. The Labute approximate surface area is 117 Å². The topological polar surface area (TPSA) is 53.3 Å². The molecule has 4 nitrogen and oxygen atoms in total. The number of piperidine rings is 1. The summed E-state index contributed by atoms with van der Waals surface area (Å²) < 4.78 is 19.0. The average molecular weight is 276 g/mol. The van der Waals surface area contributed by atoms with E-state index in [9.17, 15) is 9.18 Å². The zero-order valence-corrected chi connectivity index (χ0v) is 11.4. The number of anilines is 1. The van der Waals surface area contributed by atoms with E-state index in [0.717, 1.165) is 12.8 Å². The van der Waals surface area contributed by atoms with Crippen molar-refractivity contribution in [1.82, 2.24) is 0 Å². The number of benzene rings is 1. The third kappa shape index (κ3) is 3.08. The number of rotatable bonds is 3. The van der Waals surface area contributed by atoms with Crippen LogP contribution in [0, 0.1) is 23.1 Å². The quantitative estimate of drug-likeness (QED) is 0.796. The van der Waals surface area contributed by atoms with Gasteiger partial charge in [0.15, 0.2) is 0 Å². The van der Waals surface area contributed by atoms with Crippen molar-refractivity contribution in [1.29, 1.82) is 5.26 Å². The molecule has 0 aliphatic carbocycles. The molecule has 0 aromatic heterocycles. The van der Waals surface area contributed by atoms with Gasteiger partial charge in [-0.25, -0.2) is 4.39 Å². The van der Waals surface area contributed by atoms with E-state index in [1.165, 1.54) is 6.07 Å². The van der Waals surface area contributed by atoms with Gasteiger partial charge >= 0.3 is 5.97 Å². The average Bonchev–Trinajstić information content (AvgIpc) is 2.47. The first-order valence-corrected chi connectivity index (χ1v) is 6.77. The number of carbonyl (C=O) groups is 1. The number of nitrogens with zero attached hydrogens (tertiary/aromatic N) is 2. The van der Waals surface area contributed by atoms with Crippen molar-refractivity contribution in [3.05, 3.63) is 29.6 Å². The SMILES string of the molecule is CCOC(=O)C1CCCN(c2ccc(C#N)cc2F)C1. The van der Waals surface area contributed by atoms with Gasteiger partial charge in [-0.15, -0.1) is 0 Å². The second kappa shape index (κ2) is 6.38. The number of nitriles is 1. The first kappa shape index (κ1) is 14.3. The van der Waals surface area contributed by atoms with Crippen LogP contribution in [0.2, 0.25) is 0 Å². The molecular weight excluding hydrogens is 259 g/mol. The van der Waals surface area contributed by atoms with E-state index in [1.807, 2.05) is 11.0 Å². The van der Waals surface area contributed by atoms with Crippen molar-refractivity contribution in [2.24, 2.45) is 5.92 Å². The highest BCUT2D eigenvalue weighted by atomic mass is 19.1. The van der Waals surface area contributed by atoms with E-state index in [2.05, 4.69) is 0 Å². The molecule has 0 saturated carbocycles. The third-order valence-electron chi connectivity index (χ3n) is 3.46. The highest BCUT2D eigenvalue weighted by Gasteiger charge is 2.28. The van der Waals surface area contributed by atoms with Gasteiger partial charge in [-0.1, -0.05) is 0 Å². The maximum Gasteiger partial charge on any atom is 0.310 e. The summed E-state index contributed by atoms with van der Waals surface area (Å²) in [6, 6.07) is 6.32. The summed E-state index contributed by atoms with van der Waals surface area (Å²) in [5, 5.41) is 8.75. The molecular formula is C15H17FN2O2. The van der Waals surface area contributed by atoms with Gasteiger partial charge in [0, 0.05) is 13.1 Å². The molecule has 20 heavy (non-hydrogen) atoms. The highest BCUT2D eigenvalue weighted by molar-refractivity contribution is 5.73. The van der Waals surface area contributed by atoms with Crippen LogP contribution in [0.3, 0.4) is 0 Å². The summed E-state index contributed by atoms with van der Waals surface area (Å²) in [7, 11) is 0. The molecule has 1 fully saturated rings. The zero-order valence-electron chi connectivity index (χ0n) is 11.4. The fourth-order valence-electron chi connectivity index (χ4n) is 2.48. The Bertz CT molecular complexity index is 539. The monoisotopic (exact) mass is 276 g/mol. The molecule has 1 saturated heterocycles. The molecule has 1 heterocycles. The Balaban J connectivity index is 2.13. The lowest BCUT2D eigenvalue weighted by Crippen LogP contribution is -2.39. The lowest BCUT2D eigenvalue weighted by molar-refractivity contribution is -0.148. The van der Waals surface area contributed by atoms with E-state index < -0.39 is 5.82 Å². The second-order valence-electron chi connectivity index (χ2n) is 4.82. The summed E-state index contributed by atoms with van der Waals surface area (Å²) in [5.41, 5.74) is 0.739. The van der Waals surface area contributed by atoms with Crippen molar-refractivity contribution in [2.75, 3.05) is 24.6 Å². The minimum absolute atomic E-state index is 0.209. The molecule has 5 heteroatoms. The molecule has 106 valence electrons. The van der Waals surface area contributed by atoms with Crippen LogP contribution in [0.15, 0.2) is 18.2 Å². The lowest BCUT2D eigenvalue weighted by atomic mass is 9.97. The standard InChI is InChI=1S/C15H17FN2O2/c1-2-20-15(19)12-4-3-7-18(10-12)14-6-5-11(9-17)8-13(14)16/h5-6,8,12H,2-4,7,10H2,1H3. The van der Waals surface area contributed by atoms with Crippen LogP contribution in [-0.2, 0) is 9.53 Å². The Morgan fingerprint density at radius 3 is 3.05 bits per heavy atom. The molecule has 0 N–H and O–H groups in total. The normalized spacial score (nSPS) is 18.4. The van der Waals surface area contributed by atoms with E-state index in [0.29, 0.717) is 30.9 Å². The molecule has 0 radical (unpaired) electrons. The van der Waals surface area contributed by atoms with Crippen LogP contribution < -0.4 is 4.90 Å². The number of hydrogen-bond acceptors (Lipinski definition) is 4. The molecule has 1 aliphatic heterocycles. The van der Waals surface area contributed by atoms with Crippen LogP contribution in [0.1, 0.15) is 25.3 Å².